The molecule has 3 heteroatoms. The number of aliphatic hydroxyl groups excluding tert-OH is 1. The standard InChI is InChI=1S/C8H15NOS/c1-8(2,3)6-4-5-9(6)7(10)11/h6H,4-5H2,1-3H3,(H,10,11). The predicted octanol–water partition coefficient (Wildman–Crippen LogP) is 1.95. The van der Waals surface area contributed by atoms with Crippen LogP contribution in [-0.4, -0.2) is 27.8 Å². The first-order valence-electron chi connectivity index (χ1n) is 3.92. The Kier molecular flexibility index (Phi) is 2.10. The van der Waals surface area contributed by atoms with Gasteiger partial charge in [0.15, 0.2) is 0 Å². The van der Waals surface area contributed by atoms with Crippen LogP contribution in [0.1, 0.15) is 27.2 Å². The van der Waals surface area contributed by atoms with Gasteiger partial charge in [-0.15, -0.1) is 0 Å². The van der Waals surface area contributed by atoms with E-state index in [-0.39, 0.29) is 10.6 Å². The van der Waals surface area contributed by atoms with Crippen LogP contribution in [0.4, 0.5) is 0 Å². The van der Waals surface area contributed by atoms with Gasteiger partial charge in [0, 0.05) is 12.6 Å². The lowest BCUT2D eigenvalue weighted by Gasteiger charge is -2.48. The number of likely N-dealkylation sites (tertiary alicyclic amines) is 1. The summed E-state index contributed by atoms with van der Waals surface area (Å²) in [5, 5.41) is 9.12. The fourth-order valence-corrected chi connectivity index (χ4v) is 1.74. The summed E-state index contributed by atoms with van der Waals surface area (Å²) in [4.78, 5) is 1.88. The molecule has 1 saturated heterocycles. The van der Waals surface area contributed by atoms with E-state index in [2.05, 4.69) is 20.8 Å². The smallest absolute Gasteiger partial charge is 0.257 e. The number of thiocarbonyl (C=S) groups is 1. The van der Waals surface area contributed by atoms with Crippen molar-refractivity contribution in [1.29, 1.82) is 0 Å². The number of aliphatic hydroxyl groups is 1. The molecule has 1 N–H and O–H groups in total. The van der Waals surface area contributed by atoms with Crippen molar-refractivity contribution in [2.45, 2.75) is 33.2 Å². The maximum atomic E-state index is 9.06. The number of hydrogen-bond donors (Lipinski definition) is 1. The zero-order chi connectivity index (χ0) is 8.65. The van der Waals surface area contributed by atoms with Gasteiger partial charge in [-0.05, 0) is 24.1 Å². The molecule has 11 heavy (non-hydrogen) atoms. The van der Waals surface area contributed by atoms with E-state index in [0.717, 1.165) is 13.0 Å². The second-order valence-electron chi connectivity index (χ2n) is 4.15. The van der Waals surface area contributed by atoms with Crippen molar-refractivity contribution in [1.82, 2.24) is 4.90 Å². The molecule has 0 aromatic rings. The van der Waals surface area contributed by atoms with Crippen LogP contribution in [-0.2, 0) is 0 Å². The summed E-state index contributed by atoms with van der Waals surface area (Å²) in [6.45, 7) is 7.42. The molecule has 1 unspecified atom stereocenters. The molecule has 0 aromatic heterocycles. The van der Waals surface area contributed by atoms with Gasteiger partial charge in [-0.3, -0.25) is 0 Å². The quantitative estimate of drug-likeness (QED) is 0.566. The first kappa shape index (κ1) is 8.78. The van der Waals surface area contributed by atoms with Crippen molar-refractivity contribution < 1.29 is 5.11 Å². The molecule has 0 saturated carbocycles. The largest absolute Gasteiger partial charge is 0.486 e. The Hall–Kier alpha value is -0.310. The van der Waals surface area contributed by atoms with Crippen LogP contribution in [0.3, 0.4) is 0 Å². The topological polar surface area (TPSA) is 23.5 Å². The Morgan fingerprint density at radius 3 is 2.18 bits per heavy atom. The number of nitrogens with zero attached hydrogens (tertiary/aromatic N) is 1. The molecular weight excluding hydrogens is 158 g/mol. The minimum Gasteiger partial charge on any atom is -0.486 e. The van der Waals surface area contributed by atoms with E-state index < -0.39 is 0 Å². The lowest BCUT2D eigenvalue weighted by Crippen LogP contribution is -2.56. The highest BCUT2D eigenvalue weighted by atomic mass is 32.1. The number of hydrogen-bond acceptors (Lipinski definition) is 1. The molecule has 0 radical (unpaired) electrons. The highest BCUT2D eigenvalue weighted by Crippen LogP contribution is 2.33. The van der Waals surface area contributed by atoms with Gasteiger partial charge < -0.3 is 10.0 Å². The second kappa shape index (κ2) is 2.63. The fraction of sp³-hybridized carbons (Fsp3) is 0.875. The van der Waals surface area contributed by atoms with Gasteiger partial charge in [0.1, 0.15) is 0 Å². The normalized spacial score (nSPS) is 24.6. The van der Waals surface area contributed by atoms with Crippen LogP contribution < -0.4 is 0 Å². The molecule has 1 fully saturated rings. The maximum Gasteiger partial charge on any atom is 0.257 e. The van der Waals surface area contributed by atoms with Gasteiger partial charge in [0.05, 0.1) is 0 Å². The van der Waals surface area contributed by atoms with E-state index in [4.69, 9.17) is 17.3 Å². The van der Waals surface area contributed by atoms with Crippen LogP contribution in [0.2, 0.25) is 0 Å². The molecule has 0 bridgehead atoms. The Balaban J connectivity index is 2.57. The molecule has 0 aliphatic carbocycles. The molecule has 1 atom stereocenters. The van der Waals surface area contributed by atoms with Gasteiger partial charge >= 0.3 is 0 Å². The van der Waals surface area contributed by atoms with E-state index >= 15 is 0 Å². The van der Waals surface area contributed by atoms with Crippen molar-refractivity contribution in [3.63, 3.8) is 0 Å². The predicted molar refractivity (Wildman–Crippen MR) is 49.8 cm³/mol. The molecule has 1 heterocycles. The fourth-order valence-electron chi connectivity index (χ4n) is 1.52. The van der Waals surface area contributed by atoms with Crippen LogP contribution >= 0.6 is 12.2 Å². The Morgan fingerprint density at radius 2 is 2.09 bits per heavy atom. The van der Waals surface area contributed by atoms with E-state index in [1.807, 2.05) is 4.90 Å². The molecule has 1 aliphatic heterocycles. The average molecular weight is 173 g/mol. The van der Waals surface area contributed by atoms with E-state index in [1.54, 1.807) is 0 Å². The third-order valence-corrected chi connectivity index (χ3v) is 2.50. The maximum absolute atomic E-state index is 9.06. The van der Waals surface area contributed by atoms with Crippen LogP contribution in [0.25, 0.3) is 0 Å². The lowest BCUT2D eigenvalue weighted by atomic mass is 9.79. The van der Waals surface area contributed by atoms with Gasteiger partial charge in [-0.25, -0.2) is 0 Å². The first-order valence-corrected chi connectivity index (χ1v) is 4.33. The van der Waals surface area contributed by atoms with Crippen molar-refractivity contribution >= 4 is 17.4 Å². The average Bonchev–Trinajstić information content (AvgIpc) is 1.51. The van der Waals surface area contributed by atoms with Gasteiger partial charge in [0.25, 0.3) is 5.17 Å². The second-order valence-corrected chi connectivity index (χ2v) is 4.51. The van der Waals surface area contributed by atoms with Crippen LogP contribution in [0.15, 0.2) is 0 Å². The van der Waals surface area contributed by atoms with Crippen LogP contribution in [0, 0.1) is 5.41 Å². The van der Waals surface area contributed by atoms with Crippen molar-refractivity contribution in [3.8, 4) is 0 Å². The SMILES string of the molecule is CC(C)(C)C1CCN1C(O)=S. The summed E-state index contributed by atoms with van der Waals surface area (Å²) < 4.78 is 0. The number of rotatable bonds is 0. The minimum atomic E-state index is 0.0520. The summed E-state index contributed by atoms with van der Waals surface area (Å²) in [7, 11) is 0. The third kappa shape index (κ3) is 1.64. The molecule has 1 aliphatic rings. The summed E-state index contributed by atoms with van der Waals surface area (Å²) >= 11 is 4.70. The summed E-state index contributed by atoms with van der Waals surface area (Å²) in [6.07, 6.45) is 1.14. The van der Waals surface area contributed by atoms with Crippen molar-refractivity contribution in [2.24, 2.45) is 5.41 Å². The van der Waals surface area contributed by atoms with Crippen molar-refractivity contribution in [3.05, 3.63) is 0 Å². The summed E-state index contributed by atoms with van der Waals surface area (Å²) in [6, 6.07) is 0.431. The van der Waals surface area contributed by atoms with Gasteiger partial charge in [-0.2, -0.15) is 0 Å². The Bertz CT molecular complexity index is 173. The highest BCUT2D eigenvalue weighted by Gasteiger charge is 2.38. The zero-order valence-electron chi connectivity index (χ0n) is 7.29. The lowest BCUT2D eigenvalue weighted by molar-refractivity contribution is 0.0623. The molecule has 2 nitrogen and oxygen atoms in total. The highest BCUT2D eigenvalue weighted by molar-refractivity contribution is 7.79. The van der Waals surface area contributed by atoms with E-state index in [1.165, 1.54) is 0 Å². The molecule has 0 spiro atoms. The van der Waals surface area contributed by atoms with E-state index in [9.17, 15) is 0 Å². The summed E-state index contributed by atoms with van der Waals surface area (Å²) in [5.41, 5.74) is 0.227. The molecular formula is C8H15NOS. The first-order chi connectivity index (χ1) is 4.93. The molecule has 1 rings (SSSR count). The minimum absolute atomic E-state index is 0.0520. The van der Waals surface area contributed by atoms with E-state index in [0.29, 0.717) is 6.04 Å². The van der Waals surface area contributed by atoms with Crippen molar-refractivity contribution in [2.75, 3.05) is 6.54 Å². The Labute approximate surface area is 73.2 Å². The van der Waals surface area contributed by atoms with Crippen LogP contribution in [0.5, 0.6) is 0 Å². The Morgan fingerprint density at radius 1 is 1.55 bits per heavy atom. The molecule has 64 valence electrons. The summed E-state index contributed by atoms with van der Waals surface area (Å²) in [5.74, 6) is 0. The molecule has 0 amide bonds. The van der Waals surface area contributed by atoms with Gasteiger partial charge in [-0.1, -0.05) is 20.8 Å². The zero-order valence-corrected chi connectivity index (χ0v) is 8.11. The third-order valence-electron chi connectivity index (χ3n) is 2.27. The monoisotopic (exact) mass is 173 g/mol. The van der Waals surface area contributed by atoms with Gasteiger partial charge in [0.2, 0.25) is 0 Å². The molecule has 0 aromatic carbocycles.